The van der Waals surface area contributed by atoms with E-state index in [9.17, 15) is 24.0 Å². The first-order chi connectivity index (χ1) is 15.0. The third-order valence-corrected chi connectivity index (χ3v) is 4.78. The van der Waals surface area contributed by atoms with Crippen molar-refractivity contribution in [3.63, 3.8) is 0 Å². The molecule has 0 spiro atoms. The molecule has 178 valence electrons. The van der Waals surface area contributed by atoms with Gasteiger partial charge in [-0.25, -0.2) is 9.78 Å². The first kappa shape index (κ1) is 26.9. The van der Waals surface area contributed by atoms with Gasteiger partial charge in [-0.3, -0.25) is 19.2 Å². The van der Waals surface area contributed by atoms with E-state index in [0.29, 0.717) is 5.69 Å². The van der Waals surface area contributed by atoms with E-state index < -0.39 is 66.1 Å². The third-order valence-electron chi connectivity index (χ3n) is 4.41. The van der Waals surface area contributed by atoms with Crippen LogP contribution in [0, 0.1) is 5.92 Å². The SMILES string of the molecule is CC(C)C(NC(=O)C(CC(N)=O)NC(=O)C(N)Cc1cnc[nH]1)C(=O)NC(CS)C(=O)O. The minimum absolute atomic E-state index is 0.105. The van der Waals surface area contributed by atoms with Gasteiger partial charge in [0, 0.05) is 24.1 Å². The molecule has 0 radical (unpaired) electrons. The van der Waals surface area contributed by atoms with Crippen LogP contribution in [0.2, 0.25) is 0 Å². The van der Waals surface area contributed by atoms with Gasteiger partial charge in [-0.1, -0.05) is 13.8 Å². The zero-order chi connectivity index (χ0) is 24.4. The topological polar surface area (TPSA) is 222 Å². The van der Waals surface area contributed by atoms with Gasteiger partial charge in [0.15, 0.2) is 0 Å². The summed E-state index contributed by atoms with van der Waals surface area (Å²) in [6.45, 7) is 3.26. The predicted octanol–water partition coefficient (Wildman–Crippen LogP) is -2.72. The summed E-state index contributed by atoms with van der Waals surface area (Å²) in [7, 11) is 0. The summed E-state index contributed by atoms with van der Waals surface area (Å²) in [6, 6.07) is -4.84. The Hall–Kier alpha value is -3.13. The van der Waals surface area contributed by atoms with Gasteiger partial charge in [0.1, 0.15) is 18.1 Å². The minimum atomic E-state index is -1.39. The number of carbonyl (C=O) groups excluding carboxylic acids is 4. The van der Waals surface area contributed by atoms with Gasteiger partial charge >= 0.3 is 5.97 Å². The lowest BCUT2D eigenvalue weighted by atomic mass is 10.0. The molecular formula is C18H29N7O6S. The Balaban J connectivity index is 2.89. The Morgan fingerprint density at radius 2 is 1.72 bits per heavy atom. The number of thiol groups is 1. The van der Waals surface area contributed by atoms with Gasteiger partial charge in [0.05, 0.1) is 18.8 Å². The molecule has 9 N–H and O–H groups in total. The predicted molar refractivity (Wildman–Crippen MR) is 116 cm³/mol. The van der Waals surface area contributed by atoms with E-state index in [-0.39, 0.29) is 12.2 Å². The quantitative estimate of drug-likeness (QED) is 0.141. The second kappa shape index (κ2) is 12.7. The molecule has 0 aliphatic rings. The summed E-state index contributed by atoms with van der Waals surface area (Å²) in [6.07, 6.45) is 2.48. The normalized spacial score (nSPS) is 14.7. The van der Waals surface area contributed by atoms with Crippen molar-refractivity contribution in [1.29, 1.82) is 0 Å². The highest BCUT2D eigenvalue weighted by atomic mass is 32.1. The van der Waals surface area contributed by atoms with Gasteiger partial charge in [0.2, 0.25) is 23.6 Å². The van der Waals surface area contributed by atoms with E-state index in [2.05, 4.69) is 38.5 Å². The number of aromatic nitrogens is 2. The fourth-order valence-electron chi connectivity index (χ4n) is 2.65. The Bertz CT molecular complexity index is 817. The molecule has 0 bridgehead atoms. The summed E-state index contributed by atoms with van der Waals surface area (Å²) in [5.74, 6) is -5.07. The van der Waals surface area contributed by atoms with Crippen molar-refractivity contribution in [1.82, 2.24) is 25.9 Å². The molecule has 4 unspecified atom stereocenters. The van der Waals surface area contributed by atoms with E-state index in [1.165, 1.54) is 12.5 Å². The lowest BCUT2D eigenvalue weighted by Gasteiger charge is -2.26. The fourth-order valence-corrected chi connectivity index (χ4v) is 2.90. The molecule has 1 rings (SSSR count). The Morgan fingerprint density at radius 1 is 1.09 bits per heavy atom. The number of imidazole rings is 1. The zero-order valence-corrected chi connectivity index (χ0v) is 18.6. The van der Waals surface area contributed by atoms with Crippen LogP contribution in [0.3, 0.4) is 0 Å². The molecular weight excluding hydrogens is 442 g/mol. The first-order valence-electron chi connectivity index (χ1n) is 9.72. The van der Waals surface area contributed by atoms with E-state index in [1.54, 1.807) is 13.8 Å². The summed E-state index contributed by atoms with van der Waals surface area (Å²) in [4.78, 5) is 66.9. The van der Waals surface area contributed by atoms with Gasteiger partial charge in [-0.2, -0.15) is 12.6 Å². The number of carboxylic acid groups (broad SMARTS) is 1. The van der Waals surface area contributed by atoms with Crippen LogP contribution in [0.25, 0.3) is 0 Å². The molecule has 1 aromatic heterocycles. The van der Waals surface area contributed by atoms with E-state index in [4.69, 9.17) is 16.6 Å². The molecule has 0 aliphatic carbocycles. The van der Waals surface area contributed by atoms with Gasteiger partial charge in [-0.05, 0) is 5.92 Å². The van der Waals surface area contributed by atoms with E-state index >= 15 is 0 Å². The summed E-state index contributed by atoms with van der Waals surface area (Å²) in [5.41, 5.74) is 11.6. The van der Waals surface area contributed by atoms with Crippen LogP contribution in [-0.2, 0) is 30.4 Å². The zero-order valence-electron chi connectivity index (χ0n) is 17.7. The Morgan fingerprint density at radius 3 is 2.19 bits per heavy atom. The van der Waals surface area contributed by atoms with Crippen molar-refractivity contribution in [2.45, 2.75) is 50.9 Å². The smallest absolute Gasteiger partial charge is 0.327 e. The second-order valence-corrected chi connectivity index (χ2v) is 7.80. The largest absolute Gasteiger partial charge is 0.480 e. The third kappa shape index (κ3) is 8.55. The number of primary amides is 1. The number of aliphatic carboxylic acids is 1. The van der Waals surface area contributed by atoms with Crippen LogP contribution in [0.15, 0.2) is 12.5 Å². The average Bonchev–Trinajstić information content (AvgIpc) is 3.21. The van der Waals surface area contributed by atoms with E-state index in [1.807, 2.05) is 0 Å². The maximum Gasteiger partial charge on any atom is 0.327 e. The van der Waals surface area contributed by atoms with Crippen LogP contribution >= 0.6 is 12.6 Å². The van der Waals surface area contributed by atoms with Crippen molar-refractivity contribution >= 4 is 42.2 Å². The molecule has 0 aliphatic heterocycles. The molecule has 0 aromatic carbocycles. The maximum absolute atomic E-state index is 12.8. The average molecular weight is 472 g/mol. The molecule has 0 saturated heterocycles. The molecule has 0 saturated carbocycles. The van der Waals surface area contributed by atoms with E-state index in [0.717, 1.165) is 0 Å². The monoisotopic (exact) mass is 471 g/mol. The highest BCUT2D eigenvalue weighted by molar-refractivity contribution is 7.80. The molecule has 4 amide bonds. The number of H-pyrrole nitrogens is 1. The number of rotatable bonds is 13. The number of carbonyl (C=O) groups is 5. The van der Waals surface area contributed by atoms with Crippen molar-refractivity contribution in [3.05, 3.63) is 18.2 Å². The molecule has 13 nitrogen and oxygen atoms in total. The fraction of sp³-hybridized carbons (Fsp3) is 0.556. The number of nitrogens with one attached hydrogen (secondary N) is 4. The van der Waals surface area contributed by atoms with Crippen molar-refractivity contribution in [3.8, 4) is 0 Å². The lowest BCUT2D eigenvalue weighted by Crippen LogP contribution is -2.59. The lowest BCUT2D eigenvalue weighted by molar-refractivity contribution is -0.142. The number of nitrogens with two attached hydrogens (primary N) is 2. The minimum Gasteiger partial charge on any atom is -0.480 e. The standard InChI is InChI=1S/C18H29N7O6S/c1-8(2)14(17(29)24-12(6-32)18(30)31)25-16(28)11(4-13(20)26)23-15(27)10(19)3-9-5-21-7-22-9/h5,7-8,10-12,14,32H,3-4,6,19H2,1-2H3,(H2,20,26)(H,21,22)(H,23,27)(H,24,29)(H,25,28)(H,30,31). The number of carboxylic acids is 1. The van der Waals surface area contributed by atoms with Crippen LogP contribution in [0.1, 0.15) is 26.0 Å². The van der Waals surface area contributed by atoms with Crippen molar-refractivity contribution in [2.24, 2.45) is 17.4 Å². The number of nitrogens with zero attached hydrogens (tertiary/aromatic N) is 1. The van der Waals surface area contributed by atoms with Gasteiger partial charge in [-0.15, -0.1) is 0 Å². The summed E-state index contributed by atoms with van der Waals surface area (Å²) < 4.78 is 0. The summed E-state index contributed by atoms with van der Waals surface area (Å²) in [5, 5.41) is 16.2. The summed E-state index contributed by atoms with van der Waals surface area (Å²) >= 11 is 3.88. The maximum atomic E-state index is 12.8. The second-order valence-electron chi connectivity index (χ2n) is 7.43. The highest BCUT2D eigenvalue weighted by Crippen LogP contribution is 2.06. The Kier molecular flexibility index (Phi) is 10.6. The van der Waals surface area contributed by atoms with Crippen LogP contribution in [0.5, 0.6) is 0 Å². The number of hydrogen-bond acceptors (Lipinski definition) is 8. The van der Waals surface area contributed by atoms with Crippen LogP contribution in [-0.4, -0.2) is 74.6 Å². The van der Waals surface area contributed by atoms with Crippen LogP contribution < -0.4 is 27.4 Å². The van der Waals surface area contributed by atoms with Gasteiger partial charge < -0.3 is 37.5 Å². The molecule has 32 heavy (non-hydrogen) atoms. The molecule has 1 aromatic rings. The molecule has 4 atom stereocenters. The Labute approximate surface area is 189 Å². The molecule has 0 fully saturated rings. The number of amides is 4. The molecule has 1 heterocycles. The van der Waals surface area contributed by atoms with Crippen molar-refractivity contribution in [2.75, 3.05) is 5.75 Å². The molecule has 14 heteroatoms. The number of aromatic amines is 1. The number of hydrogen-bond donors (Lipinski definition) is 8. The highest BCUT2D eigenvalue weighted by Gasteiger charge is 2.32. The van der Waals surface area contributed by atoms with Crippen molar-refractivity contribution < 1.29 is 29.1 Å². The van der Waals surface area contributed by atoms with Crippen LogP contribution in [0.4, 0.5) is 0 Å². The van der Waals surface area contributed by atoms with Gasteiger partial charge in [0.25, 0.3) is 0 Å². The first-order valence-corrected chi connectivity index (χ1v) is 10.3.